The van der Waals surface area contributed by atoms with Gasteiger partial charge in [-0.3, -0.25) is 9.59 Å². The second-order valence-electron chi connectivity index (χ2n) is 12.8. The molecule has 0 spiro atoms. The fraction of sp³-hybridized carbons (Fsp3) is 0.175. The molecule has 0 saturated heterocycles. The van der Waals surface area contributed by atoms with Crippen molar-refractivity contribution >= 4 is 88.8 Å². The highest BCUT2D eigenvalue weighted by molar-refractivity contribution is 6.32. The number of carbonyl (C=O) groups excluding carboxylic acids is 2. The van der Waals surface area contributed by atoms with Gasteiger partial charge in [-0.2, -0.15) is 0 Å². The van der Waals surface area contributed by atoms with Crippen LogP contribution in [0.5, 0.6) is 0 Å². The topological polar surface area (TPSA) is 106 Å². The van der Waals surface area contributed by atoms with E-state index in [1.165, 1.54) is 12.1 Å². The van der Waals surface area contributed by atoms with Crippen molar-refractivity contribution < 1.29 is 14.0 Å². The lowest BCUT2D eigenvalue weighted by atomic mass is 9.99. The van der Waals surface area contributed by atoms with Gasteiger partial charge in [-0.15, -0.1) is 0 Å². The number of pyridine rings is 1. The molecule has 0 aliphatic rings. The van der Waals surface area contributed by atoms with Crippen molar-refractivity contribution in [3.05, 3.63) is 113 Å². The molecule has 10 heteroatoms. The Kier molecular flexibility index (Phi) is 8.30. The number of benzene rings is 5. The van der Waals surface area contributed by atoms with Gasteiger partial charge in [-0.25, -0.2) is 9.37 Å². The van der Waals surface area contributed by atoms with Crippen molar-refractivity contribution in [2.24, 2.45) is 0 Å². The predicted molar refractivity (Wildman–Crippen MR) is 201 cm³/mol. The van der Waals surface area contributed by atoms with Gasteiger partial charge in [-0.05, 0) is 92.3 Å². The summed E-state index contributed by atoms with van der Waals surface area (Å²) >= 11 is 6.34. The number of fused-ring (bicyclic) bond motifs is 8. The molecule has 3 aromatic heterocycles. The summed E-state index contributed by atoms with van der Waals surface area (Å²) in [5.74, 6) is -0.805. The number of hydrogen-bond acceptors (Lipinski definition) is 4. The summed E-state index contributed by atoms with van der Waals surface area (Å²) in [6.45, 7) is 2.47. The number of aromatic amines is 2. The van der Waals surface area contributed by atoms with Gasteiger partial charge in [0.15, 0.2) is 0 Å². The first-order chi connectivity index (χ1) is 24.4. The molecule has 0 radical (unpaired) electrons. The second kappa shape index (κ2) is 13.1. The molecule has 250 valence electrons. The first-order valence-electron chi connectivity index (χ1n) is 16.7. The van der Waals surface area contributed by atoms with E-state index in [4.69, 9.17) is 16.6 Å². The van der Waals surface area contributed by atoms with Crippen LogP contribution in [-0.2, 0) is 0 Å². The Balaban J connectivity index is 0.890. The summed E-state index contributed by atoms with van der Waals surface area (Å²) in [5.41, 5.74) is 5.69. The van der Waals surface area contributed by atoms with Crippen molar-refractivity contribution in [3.8, 4) is 0 Å². The van der Waals surface area contributed by atoms with Crippen LogP contribution in [0.15, 0.2) is 91.0 Å². The lowest BCUT2D eigenvalue weighted by Gasteiger charge is -2.17. The maximum Gasteiger partial charge on any atom is 0.254 e. The SMILES string of the molecule is CN(CCCNC(=O)c1c2cc(F)ccc2cc2c1[nH]c1ccccc12)CCCNC(=O)c1c2cc(Cl)ccc2nc2c1[nH]c1ccccc12. The predicted octanol–water partition coefficient (Wildman–Crippen LogP) is 8.32. The van der Waals surface area contributed by atoms with Gasteiger partial charge < -0.3 is 25.5 Å². The molecule has 0 atom stereocenters. The highest BCUT2D eigenvalue weighted by Gasteiger charge is 2.21. The Bertz CT molecular complexity index is 2430. The van der Waals surface area contributed by atoms with Crippen LogP contribution in [0.25, 0.3) is 65.4 Å². The minimum absolute atomic E-state index is 0.182. The first-order valence-corrected chi connectivity index (χ1v) is 17.1. The zero-order valence-corrected chi connectivity index (χ0v) is 28.1. The summed E-state index contributed by atoms with van der Waals surface area (Å²) < 4.78 is 14.3. The molecule has 4 N–H and O–H groups in total. The van der Waals surface area contributed by atoms with Crippen LogP contribution in [-0.4, -0.2) is 64.9 Å². The number of para-hydroxylation sites is 2. The Hall–Kier alpha value is -5.51. The van der Waals surface area contributed by atoms with E-state index in [0.29, 0.717) is 56.6 Å². The van der Waals surface area contributed by atoms with Gasteiger partial charge in [0.1, 0.15) is 5.82 Å². The largest absolute Gasteiger partial charge is 0.354 e. The summed E-state index contributed by atoms with van der Waals surface area (Å²) in [6, 6.07) is 27.8. The third-order valence-corrected chi connectivity index (χ3v) is 9.66. The number of rotatable bonds is 10. The molecule has 8 aromatic rings. The van der Waals surface area contributed by atoms with Gasteiger partial charge in [-0.1, -0.05) is 54.1 Å². The van der Waals surface area contributed by atoms with Gasteiger partial charge in [0.05, 0.1) is 33.2 Å². The zero-order valence-electron chi connectivity index (χ0n) is 27.4. The Morgan fingerprint density at radius 1 is 0.720 bits per heavy atom. The number of amides is 2. The van der Waals surface area contributed by atoms with Crippen LogP contribution in [0.4, 0.5) is 4.39 Å². The van der Waals surface area contributed by atoms with Gasteiger partial charge in [0, 0.05) is 50.7 Å². The van der Waals surface area contributed by atoms with Crippen molar-refractivity contribution in [1.29, 1.82) is 0 Å². The van der Waals surface area contributed by atoms with E-state index in [0.717, 1.165) is 64.0 Å². The normalized spacial score (nSPS) is 11.9. The van der Waals surface area contributed by atoms with E-state index in [1.807, 2.05) is 67.7 Å². The van der Waals surface area contributed by atoms with Gasteiger partial charge in [0.25, 0.3) is 11.8 Å². The fourth-order valence-electron chi connectivity index (χ4n) is 7.02. The summed E-state index contributed by atoms with van der Waals surface area (Å²) in [5, 5.41) is 11.7. The first kappa shape index (κ1) is 31.7. The summed E-state index contributed by atoms with van der Waals surface area (Å²) in [7, 11) is 2.03. The Labute approximate surface area is 291 Å². The molecule has 8 nitrogen and oxygen atoms in total. The Morgan fingerprint density at radius 2 is 1.36 bits per heavy atom. The lowest BCUT2D eigenvalue weighted by Crippen LogP contribution is -2.31. The molecular formula is C40H34ClFN6O2. The van der Waals surface area contributed by atoms with Crippen LogP contribution < -0.4 is 10.6 Å². The van der Waals surface area contributed by atoms with Crippen LogP contribution in [0.1, 0.15) is 33.6 Å². The van der Waals surface area contributed by atoms with Crippen molar-refractivity contribution in [3.63, 3.8) is 0 Å². The molecule has 0 saturated carbocycles. The monoisotopic (exact) mass is 684 g/mol. The smallest absolute Gasteiger partial charge is 0.254 e. The van der Waals surface area contributed by atoms with Gasteiger partial charge in [0.2, 0.25) is 0 Å². The minimum Gasteiger partial charge on any atom is -0.354 e. The zero-order chi connectivity index (χ0) is 34.4. The van der Waals surface area contributed by atoms with E-state index >= 15 is 0 Å². The number of carbonyl (C=O) groups is 2. The second-order valence-corrected chi connectivity index (χ2v) is 13.2. The van der Waals surface area contributed by atoms with E-state index in [2.05, 4.69) is 25.5 Å². The molecule has 8 rings (SSSR count). The maximum absolute atomic E-state index is 14.3. The van der Waals surface area contributed by atoms with E-state index in [-0.39, 0.29) is 17.6 Å². The Morgan fingerprint density at radius 3 is 2.10 bits per heavy atom. The molecule has 3 heterocycles. The van der Waals surface area contributed by atoms with E-state index in [1.54, 1.807) is 18.2 Å². The molecule has 2 amide bonds. The highest BCUT2D eigenvalue weighted by atomic mass is 35.5. The number of hydrogen-bond donors (Lipinski definition) is 4. The van der Waals surface area contributed by atoms with Crippen molar-refractivity contribution in [2.75, 3.05) is 33.2 Å². The van der Waals surface area contributed by atoms with Crippen molar-refractivity contribution in [2.45, 2.75) is 12.8 Å². The molecule has 0 bridgehead atoms. The quantitative estimate of drug-likeness (QED) is 0.109. The number of halogens is 2. The molecule has 50 heavy (non-hydrogen) atoms. The summed E-state index contributed by atoms with van der Waals surface area (Å²) in [6.07, 6.45) is 1.47. The molecule has 0 aliphatic heterocycles. The average Bonchev–Trinajstić information content (AvgIpc) is 3.67. The number of aromatic nitrogens is 3. The molecule has 0 fully saturated rings. The molecule has 0 unspecified atom stereocenters. The third kappa shape index (κ3) is 5.78. The van der Waals surface area contributed by atoms with Crippen LogP contribution in [0.2, 0.25) is 5.02 Å². The van der Waals surface area contributed by atoms with Crippen LogP contribution >= 0.6 is 11.6 Å². The third-order valence-electron chi connectivity index (χ3n) is 9.43. The molecule has 0 aliphatic carbocycles. The summed E-state index contributed by atoms with van der Waals surface area (Å²) in [4.78, 5) is 41.1. The fourth-order valence-corrected chi connectivity index (χ4v) is 7.19. The highest BCUT2D eigenvalue weighted by Crippen LogP contribution is 2.34. The van der Waals surface area contributed by atoms with Crippen molar-refractivity contribution in [1.82, 2.24) is 30.5 Å². The van der Waals surface area contributed by atoms with E-state index in [9.17, 15) is 14.0 Å². The standard InChI is InChI=1S/C40H34ClFN6O2/c1-48(18-6-16-43-39(49)34-28-22-25(42)14-12-23(28)20-29-26-8-2-4-10-31(26)45-36(29)34)19-7-17-44-40(50)35-30-21-24(41)13-15-33(30)46-37-27-9-3-5-11-32(27)47-38(35)37/h2-5,8-15,20-22,45,47H,6-7,16-19H2,1H3,(H,43,49)(H,44,50). The molecule has 5 aromatic carbocycles. The van der Waals surface area contributed by atoms with E-state index < -0.39 is 0 Å². The number of H-pyrrole nitrogens is 2. The van der Waals surface area contributed by atoms with Gasteiger partial charge >= 0.3 is 0 Å². The van der Waals surface area contributed by atoms with Crippen LogP contribution in [0.3, 0.4) is 0 Å². The maximum atomic E-state index is 14.3. The minimum atomic E-state index is -0.385. The lowest BCUT2D eigenvalue weighted by molar-refractivity contribution is 0.0948. The number of nitrogens with zero attached hydrogens (tertiary/aromatic N) is 2. The average molecular weight is 685 g/mol. The number of nitrogens with one attached hydrogen (secondary N) is 4. The van der Waals surface area contributed by atoms with Crippen LogP contribution in [0, 0.1) is 5.82 Å². The molecular weight excluding hydrogens is 651 g/mol.